The number of hydrogen-bond donors (Lipinski definition) is 5. The van der Waals surface area contributed by atoms with E-state index in [4.69, 9.17) is 14.9 Å². The maximum Gasteiger partial charge on any atom is 0.129 e. The second-order valence-electron chi connectivity index (χ2n) is 2.72. The van der Waals surface area contributed by atoms with Gasteiger partial charge >= 0.3 is 0 Å². The van der Waals surface area contributed by atoms with Crippen molar-refractivity contribution in [1.82, 2.24) is 0 Å². The van der Waals surface area contributed by atoms with Gasteiger partial charge in [0.1, 0.15) is 29.9 Å². The molecule has 0 aromatic carbocycles. The standard InChI is InChI=1S/C6H12O5S/c7-1-2-3(8)4(9)5(10)6(12)11-2/h2-10,12H,1H2/t2?,3-,4-,5?,6+/m0/s1. The van der Waals surface area contributed by atoms with Crippen LogP contribution in [0.2, 0.25) is 0 Å². The molecule has 4 N–H and O–H groups in total. The Balaban J connectivity index is 2.63. The van der Waals surface area contributed by atoms with Crippen molar-refractivity contribution in [1.29, 1.82) is 0 Å². The fourth-order valence-electron chi connectivity index (χ4n) is 1.08. The van der Waals surface area contributed by atoms with Gasteiger partial charge in [0.05, 0.1) is 6.61 Å². The van der Waals surface area contributed by atoms with Gasteiger partial charge in [-0.25, -0.2) is 0 Å². The Morgan fingerprint density at radius 2 is 1.67 bits per heavy atom. The molecule has 0 aliphatic carbocycles. The number of thiol groups is 1. The molecule has 0 amide bonds. The van der Waals surface area contributed by atoms with Gasteiger partial charge in [0, 0.05) is 0 Å². The topological polar surface area (TPSA) is 90.2 Å². The fourth-order valence-corrected chi connectivity index (χ4v) is 1.41. The molecule has 1 aliphatic rings. The summed E-state index contributed by atoms with van der Waals surface area (Å²) in [6.45, 7) is -0.415. The largest absolute Gasteiger partial charge is 0.394 e. The van der Waals surface area contributed by atoms with Crippen LogP contribution in [0.25, 0.3) is 0 Å². The molecule has 1 saturated heterocycles. The Hall–Kier alpha value is 0.150. The van der Waals surface area contributed by atoms with Gasteiger partial charge < -0.3 is 25.2 Å². The van der Waals surface area contributed by atoms with Crippen molar-refractivity contribution in [3.8, 4) is 0 Å². The van der Waals surface area contributed by atoms with E-state index in [1.807, 2.05) is 0 Å². The SMILES string of the molecule is OCC1O[C@H](S)C(O)[C@@H](O)[C@H]1O. The third kappa shape index (κ3) is 1.73. The number of aliphatic hydroxyl groups excluding tert-OH is 4. The van der Waals surface area contributed by atoms with Crippen molar-refractivity contribution >= 4 is 12.6 Å². The second-order valence-corrected chi connectivity index (χ2v) is 3.23. The summed E-state index contributed by atoms with van der Waals surface area (Å²) in [5.74, 6) is 0. The highest BCUT2D eigenvalue weighted by atomic mass is 32.1. The van der Waals surface area contributed by atoms with Crippen molar-refractivity contribution in [3.63, 3.8) is 0 Å². The van der Waals surface area contributed by atoms with Crippen molar-refractivity contribution in [3.05, 3.63) is 0 Å². The lowest BCUT2D eigenvalue weighted by molar-refractivity contribution is -0.205. The molecule has 0 aromatic rings. The zero-order chi connectivity index (χ0) is 9.30. The van der Waals surface area contributed by atoms with Gasteiger partial charge in [0.25, 0.3) is 0 Å². The quantitative estimate of drug-likeness (QED) is 0.305. The van der Waals surface area contributed by atoms with Crippen molar-refractivity contribution in [2.24, 2.45) is 0 Å². The first kappa shape index (κ1) is 10.2. The van der Waals surface area contributed by atoms with Crippen LogP contribution < -0.4 is 0 Å². The predicted molar refractivity (Wildman–Crippen MR) is 42.8 cm³/mol. The molecule has 6 heteroatoms. The molecule has 72 valence electrons. The lowest BCUT2D eigenvalue weighted by Gasteiger charge is -2.37. The highest BCUT2D eigenvalue weighted by molar-refractivity contribution is 7.80. The molecule has 12 heavy (non-hydrogen) atoms. The van der Waals surface area contributed by atoms with Crippen LogP contribution in [0.15, 0.2) is 0 Å². The maximum absolute atomic E-state index is 9.20. The minimum atomic E-state index is -1.32. The van der Waals surface area contributed by atoms with E-state index in [-0.39, 0.29) is 0 Å². The molecule has 1 fully saturated rings. The Labute approximate surface area is 75.0 Å². The van der Waals surface area contributed by atoms with Gasteiger partial charge in [0.15, 0.2) is 0 Å². The maximum atomic E-state index is 9.20. The van der Waals surface area contributed by atoms with Crippen LogP contribution >= 0.6 is 12.6 Å². The molecule has 0 spiro atoms. The van der Waals surface area contributed by atoms with Crippen molar-refractivity contribution < 1.29 is 25.2 Å². The minimum Gasteiger partial charge on any atom is -0.394 e. The molecule has 5 atom stereocenters. The number of rotatable bonds is 1. The summed E-state index contributed by atoms with van der Waals surface area (Å²) in [6.07, 6.45) is -4.70. The molecule has 0 radical (unpaired) electrons. The van der Waals surface area contributed by atoms with Crippen LogP contribution in [-0.4, -0.2) is 56.9 Å². The molecule has 0 saturated carbocycles. The van der Waals surface area contributed by atoms with Crippen LogP contribution in [0.3, 0.4) is 0 Å². The van der Waals surface area contributed by atoms with Crippen LogP contribution in [0.4, 0.5) is 0 Å². The summed E-state index contributed by atoms with van der Waals surface area (Å²) < 4.78 is 4.88. The molecule has 5 nitrogen and oxygen atoms in total. The van der Waals surface area contributed by atoms with Crippen LogP contribution in [0.1, 0.15) is 0 Å². The summed E-state index contributed by atoms with van der Waals surface area (Å²) in [6, 6.07) is 0. The van der Waals surface area contributed by atoms with Gasteiger partial charge in [0.2, 0.25) is 0 Å². The first-order valence-electron chi connectivity index (χ1n) is 3.56. The molecule has 2 unspecified atom stereocenters. The van der Waals surface area contributed by atoms with E-state index in [1.54, 1.807) is 0 Å². The lowest BCUT2D eigenvalue weighted by atomic mass is 10.0. The smallest absolute Gasteiger partial charge is 0.129 e. The van der Waals surface area contributed by atoms with E-state index in [0.29, 0.717) is 0 Å². The molecule has 1 aliphatic heterocycles. The highest BCUT2D eigenvalue weighted by Crippen LogP contribution is 2.22. The average molecular weight is 196 g/mol. The van der Waals surface area contributed by atoms with E-state index in [2.05, 4.69) is 12.6 Å². The van der Waals surface area contributed by atoms with Gasteiger partial charge in [-0.3, -0.25) is 0 Å². The van der Waals surface area contributed by atoms with Crippen LogP contribution in [-0.2, 0) is 4.74 Å². The van der Waals surface area contributed by atoms with Crippen molar-refractivity contribution in [2.45, 2.75) is 29.9 Å². The first-order chi connectivity index (χ1) is 5.57. The van der Waals surface area contributed by atoms with Gasteiger partial charge in [-0.1, -0.05) is 0 Å². The highest BCUT2D eigenvalue weighted by Gasteiger charge is 2.41. The lowest BCUT2D eigenvalue weighted by Crippen LogP contribution is -2.56. The molecule has 1 heterocycles. The third-order valence-corrected chi connectivity index (χ3v) is 2.29. The summed E-state index contributed by atoms with van der Waals surface area (Å²) in [5, 5.41) is 36.2. The monoisotopic (exact) mass is 196 g/mol. The number of aliphatic hydroxyl groups is 4. The zero-order valence-electron chi connectivity index (χ0n) is 6.24. The second kappa shape index (κ2) is 3.91. The number of hydrogen-bond acceptors (Lipinski definition) is 6. The molecule has 0 bridgehead atoms. The molecular formula is C6H12O5S. The predicted octanol–water partition coefficient (Wildman–Crippen LogP) is -2.28. The van der Waals surface area contributed by atoms with E-state index >= 15 is 0 Å². The summed E-state index contributed by atoms with van der Waals surface area (Å²) in [5.41, 5.74) is -0.874. The zero-order valence-corrected chi connectivity index (χ0v) is 7.13. The van der Waals surface area contributed by atoms with Crippen LogP contribution in [0.5, 0.6) is 0 Å². The Morgan fingerprint density at radius 1 is 1.08 bits per heavy atom. The van der Waals surface area contributed by atoms with Crippen LogP contribution in [0, 0.1) is 0 Å². The van der Waals surface area contributed by atoms with E-state index in [0.717, 1.165) is 0 Å². The molecular weight excluding hydrogens is 184 g/mol. The third-order valence-electron chi connectivity index (χ3n) is 1.87. The summed E-state index contributed by atoms with van der Waals surface area (Å²) in [4.78, 5) is 0. The van der Waals surface area contributed by atoms with Gasteiger partial charge in [-0.05, 0) is 0 Å². The van der Waals surface area contributed by atoms with E-state index < -0.39 is 36.5 Å². The molecule has 1 rings (SSSR count). The van der Waals surface area contributed by atoms with Gasteiger partial charge in [-0.2, -0.15) is 0 Å². The van der Waals surface area contributed by atoms with E-state index in [1.165, 1.54) is 0 Å². The van der Waals surface area contributed by atoms with Gasteiger partial charge in [-0.15, -0.1) is 12.6 Å². The minimum absolute atomic E-state index is 0.415. The van der Waals surface area contributed by atoms with E-state index in [9.17, 15) is 10.2 Å². The Morgan fingerprint density at radius 3 is 2.17 bits per heavy atom. The number of ether oxygens (including phenoxy) is 1. The normalized spacial score (nSPS) is 49.2. The first-order valence-corrected chi connectivity index (χ1v) is 4.08. The fraction of sp³-hybridized carbons (Fsp3) is 1.00. The Kier molecular flexibility index (Phi) is 3.33. The molecule has 0 aromatic heterocycles. The van der Waals surface area contributed by atoms with Crippen molar-refractivity contribution in [2.75, 3.05) is 6.61 Å². The average Bonchev–Trinajstić information content (AvgIpc) is 2.08. The summed E-state index contributed by atoms with van der Waals surface area (Å²) in [7, 11) is 0. The summed E-state index contributed by atoms with van der Waals surface area (Å²) >= 11 is 3.81. The Bertz CT molecular complexity index is 150.